The lowest BCUT2D eigenvalue weighted by Gasteiger charge is -2.58. The van der Waals surface area contributed by atoms with Crippen LogP contribution in [0.3, 0.4) is 0 Å². The second kappa shape index (κ2) is 5.23. The molecule has 3 aliphatic carbocycles. The summed E-state index contributed by atoms with van der Waals surface area (Å²) in [7, 11) is 0. The fraction of sp³-hybridized carbons (Fsp3) is 0.571. The Bertz CT molecular complexity index is 889. The van der Waals surface area contributed by atoms with E-state index in [-0.39, 0.29) is 5.41 Å². The number of nitrogens with two attached hydrogens (primary N) is 1. The fourth-order valence-electron chi connectivity index (χ4n) is 6.06. The lowest BCUT2D eigenvalue weighted by molar-refractivity contribution is 0.00544. The molecule has 136 valence electrons. The third-order valence-electron chi connectivity index (χ3n) is 7.42. The number of hydrogen-bond donors (Lipinski definition) is 2. The normalized spacial score (nSPS) is 32.6. The minimum absolute atomic E-state index is 0.130. The third kappa shape index (κ3) is 2.13. The second-order valence-corrected chi connectivity index (χ2v) is 9.98. The highest BCUT2D eigenvalue weighted by Crippen LogP contribution is 2.56. The molecule has 1 aliphatic heterocycles. The van der Waals surface area contributed by atoms with E-state index in [4.69, 9.17) is 5.73 Å². The molecular weight excluding hydrogens is 342 g/mol. The summed E-state index contributed by atoms with van der Waals surface area (Å²) in [5, 5.41) is 10.9. The van der Waals surface area contributed by atoms with Crippen molar-refractivity contribution in [1.29, 1.82) is 0 Å². The number of aromatic nitrogens is 1. The van der Waals surface area contributed by atoms with Gasteiger partial charge in [0.15, 0.2) is 5.13 Å². The SMILES string of the molecule is Nc1nc2c(s1)C[C@H]1[C@@H]3Cc4ccc(O)cc4[C@]1(CCN3CC1CC1)C2. The first-order valence-corrected chi connectivity index (χ1v) is 10.7. The number of fused-ring (bicyclic) bond motifs is 2. The highest BCUT2D eigenvalue weighted by atomic mass is 32.1. The van der Waals surface area contributed by atoms with Crippen molar-refractivity contribution in [2.24, 2.45) is 11.8 Å². The van der Waals surface area contributed by atoms with Crippen molar-refractivity contribution in [3.8, 4) is 5.75 Å². The number of nitrogens with zero attached hydrogens (tertiary/aromatic N) is 2. The van der Waals surface area contributed by atoms with Crippen LogP contribution in [0.2, 0.25) is 0 Å². The third-order valence-corrected chi connectivity index (χ3v) is 8.37. The summed E-state index contributed by atoms with van der Waals surface area (Å²) in [6.07, 6.45) is 7.22. The van der Waals surface area contributed by atoms with Crippen LogP contribution in [0, 0.1) is 11.8 Å². The van der Waals surface area contributed by atoms with Crippen LogP contribution in [0.25, 0.3) is 0 Å². The van der Waals surface area contributed by atoms with Gasteiger partial charge in [-0.1, -0.05) is 6.07 Å². The summed E-state index contributed by atoms with van der Waals surface area (Å²) < 4.78 is 0. The summed E-state index contributed by atoms with van der Waals surface area (Å²) in [6.45, 7) is 2.46. The molecule has 1 saturated carbocycles. The van der Waals surface area contributed by atoms with Gasteiger partial charge in [0.2, 0.25) is 0 Å². The van der Waals surface area contributed by atoms with Crippen LogP contribution in [0.4, 0.5) is 5.13 Å². The topological polar surface area (TPSA) is 62.4 Å². The molecule has 26 heavy (non-hydrogen) atoms. The summed E-state index contributed by atoms with van der Waals surface area (Å²) in [5.74, 6) is 1.96. The molecule has 5 heteroatoms. The number of benzene rings is 1. The summed E-state index contributed by atoms with van der Waals surface area (Å²) >= 11 is 1.69. The maximum absolute atomic E-state index is 10.2. The smallest absolute Gasteiger partial charge is 0.180 e. The minimum Gasteiger partial charge on any atom is -0.508 e. The summed E-state index contributed by atoms with van der Waals surface area (Å²) in [5.41, 5.74) is 10.2. The summed E-state index contributed by atoms with van der Waals surface area (Å²) in [6, 6.07) is 6.71. The van der Waals surface area contributed by atoms with E-state index in [1.54, 1.807) is 11.3 Å². The fourth-order valence-corrected chi connectivity index (χ4v) is 6.97. The molecule has 1 aromatic carbocycles. The van der Waals surface area contributed by atoms with Crippen LogP contribution >= 0.6 is 11.3 Å². The zero-order valence-corrected chi connectivity index (χ0v) is 15.8. The van der Waals surface area contributed by atoms with Crippen molar-refractivity contribution >= 4 is 16.5 Å². The van der Waals surface area contributed by atoms with Gasteiger partial charge in [-0.25, -0.2) is 4.98 Å². The molecule has 1 aromatic heterocycles. The van der Waals surface area contributed by atoms with E-state index in [0.29, 0.717) is 22.8 Å². The van der Waals surface area contributed by atoms with Crippen molar-refractivity contribution in [3.63, 3.8) is 0 Å². The number of rotatable bonds is 2. The van der Waals surface area contributed by atoms with Gasteiger partial charge in [-0.3, -0.25) is 4.90 Å². The van der Waals surface area contributed by atoms with Gasteiger partial charge >= 0.3 is 0 Å². The lowest BCUT2D eigenvalue weighted by Crippen LogP contribution is -2.62. The lowest BCUT2D eigenvalue weighted by atomic mass is 9.53. The van der Waals surface area contributed by atoms with E-state index in [1.165, 1.54) is 54.0 Å². The molecule has 4 aliphatic rings. The second-order valence-electron chi connectivity index (χ2n) is 8.87. The molecule has 1 saturated heterocycles. The van der Waals surface area contributed by atoms with Crippen molar-refractivity contribution in [2.45, 2.75) is 50.0 Å². The van der Waals surface area contributed by atoms with Crippen LogP contribution in [-0.4, -0.2) is 34.1 Å². The molecule has 2 bridgehead atoms. The Kier molecular flexibility index (Phi) is 3.11. The van der Waals surface area contributed by atoms with Gasteiger partial charge in [-0.2, -0.15) is 0 Å². The zero-order valence-electron chi connectivity index (χ0n) is 14.9. The number of thiazole rings is 1. The molecule has 3 atom stereocenters. The van der Waals surface area contributed by atoms with E-state index < -0.39 is 0 Å². The number of hydrogen-bond acceptors (Lipinski definition) is 5. The summed E-state index contributed by atoms with van der Waals surface area (Å²) in [4.78, 5) is 8.88. The zero-order chi connectivity index (χ0) is 17.5. The van der Waals surface area contributed by atoms with E-state index >= 15 is 0 Å². The molecule has 0 spiro atoms. The van der Waals surface area contributed by atoms with E-state index in [1.807, 2.05) is 6.07 Å². The van der Waals surface area contributed by atoms with Crippen LogP contribution in [0.5, 0.6) is 5.75 Å². The Hall–Kier alpha value is -1.59. The minimum atomic E-state index is 0.130. The van der Waals surface area contributed by atoms with Crippen LogP contribution in [0.1, 0.15) is 41.0 Å². The maximum atomic E-state index is 10.2. The van der Waals surface area contributed by atoms with Crippen molar-refractivity contribution in [1.82, 2.24) is 9.88 Å². The quantitative estimate of drug-likeness (QED) is 0.856. The molecule has 6 rings (SSSR count). The number of piperidine rings is 1. The molecule has 3 N–H and O–H groups in total. The van der Waals surface area contributed by atoms with Gasteiger partial charge < -0.3 is 10.8 Å². The Morgan fingerprint density at radius 2 is 2.19 bits per heavy atom. The Labute approximate surface area is 158 Å². The number of aromatic hydroxyl groups is 1. The average Bonchev–Trinajstić information content (AvgIpc) is 3.35. The molecule has 2 heterocycles. The average molecular weight is 368 g/mol. The number of nitrogen functional groups attached to an aromatic ring is 1. The van der Waals surface area contributed by atoms with Crippen molar-refractivity contribution in [3.05, 3.63) is 39.9 Å². The Balaban J connectivity index is 1.50. The van der Waals surface area contributed by atoms with Gasteiger partial charge in [0.05, 0.1) is 5.69 Å². The predicted molar refractivity (Wildman–Crippen MR) is 104 cm³/mol. The maximum Gasteiger partial charge on any atom is 0.180 e. The monoisotopic (exact) mass is 367 g/mol. The van der Waals surface area contributed by atoms with Gasteiger partial charge in [0, 0.05) is 29.3 Å². The first kappa shape index (κ1) is 15.5. The van der Waals surface area contributed by atoms with Crippen LogP contribution in [-0.2, 0) is 24.7 Å². The van der Waals surface area contributed by atoms with E-state index in [9.17, 15) is 5.11 Å². The molecule has 0 amide bonds. The highest BCUT2D eigenvalue weighted by Gasteiger charge is 2.56. The first-order valence-electron chi connectivity index (χ1n) is 9.93. The first-order chi connectivity index (χ1) is 12.6. The molecule has 0 radical (unpaired) electrons. The van der Waals surface area contributed by atoms with Gasteiger partial charge in [-0.05, 0) is 73.7 Å². The number of phenolic OH excluding ortho intramolecular Hbond substituents is 1. The van der Waals surface area contributed by atoms with Gasteiger partial charge in [0.25, 0.3) is 0 Å². The largest absolute Gasteiger partial charge is 0.508 e. The molecule has 2 aromatic rings. The molecule has 2 fully saturated rings. The highest BCUT2D eigenvalue weighted by molar-refractivity contribution is 7.15. The number of likely N-dealkylation sites (tertiary alicyclic amines) is 1. The molecule has 0 unspecified atom stereocenters. The number of anilines is 1. The standard InChI is InChI=1S/C21H25N3OS/c22-20-23-17-10-21-5-6-24(11-12-1-2-12)18(16(21)9-19(17)26-20)7-13-3-4-14(25)8-15(13)21/h3-4,8,12,16,18,25H,1-2,5-7,9-11H2,(H2,22,23)/t16-,18-,21-/m0/s1. The van der Waals surface area contributed by atoms with Crippen LogP contribution in [0.15, 0.2) is 18.2 Å². The van der Waals surface area contributed by atoms with Gasteiger partial charge in [0.1, 0.15) is 5.75 Å². The Morgan fingerprint density at radius 3 is 3.04 bits per heavy atom. The predicted octanol–water partition coefficient (Wildman–Crippen LogP) is 3.12. The van der Waals surface area contributed by atoms with Crippen LogP contribution < -0.4 is 5.73 Å². The van der Waals surface area contributed by atoms with Gasteiger partial charge in [-0.15, -0.1) is 11.3 Å². The Morgan fingerprint density at radius 1 is 1.31 bits per heavy atom. The van der Waals surface area contributed by atoms with E-state index in [2.05, 4.69) is 22.0 Å². The molecular formula is C21H25N3OS. The van der Waals surface area contributed by atoms with Crippen molar-refractivity contribution in [2.75, 3.05) is 18.8 Å². The molecule has 4 nitrogen and oxygen atoms in total. The number of phenols is 1. The van der Waals surface area contributed by atoms with E-state index in [0.717, 1.165) is 25.2 Å². The van der Waals surface area contributed by atoms with Crippen molar-refractivity contribution < 1.29 is 5.11 Å².